The molecule has 1 saturated heterocycles. The van der Waals surface area contributed by atoms with Gasteiger partial charge in [-0.1, -0.05) is 18.2 Å². The molecule has 2 heterocycles. The molecule has 3 N–H and O–H groups in total. The minimum Gasteiger partial charge on any atom is -0.361 e. The van der Waals surface area contributed by atoms with Gasteiger partial charge < -0.3 is 15.6 Å². The van der Waals surface area contributed by atoms with Gasteiger partial charge in [-0.25, -0.2) is 0 Å². The van der Waals surface area contributed by atoms with Crippen LogP contribution in [0.25, 0.3) is 10.9 Å². The van der Waals surface area contributed by atoms with Gasteiger partial charge in [0.15, 0.2) is 0 Å². The summed E-state index contributed by atoms with van der Waals surface area (Å²) in [7, 11) is 0. The van der Waals surface area contributed by atoms with Gasteiger partial charge in [0.2, 0.25) is 5.91 Å². The third kappa shape index (κ3) is 3.77. The number of nitrogens with one attached hydrogen (secondary N) is 3. The molecule has 1 aliphatic rings. The minimum atomic E-state index is 0. The number of H-pyrrole nitrogens is 1. The summed E-state index contributed by atoms with van der Waals surface area (Å²) in [6, 6.07) is 8.27. The number of rotatable bonds is 4. The maximum Gasteiger partial charge on any atom is 0.224 e. The van der Waals surface area contributed by atoms with E-state index in [1.54, 1.807) is 0 Å². The third-order valence-electron chi connectivity index (χ3n) is 4.04. The lowest BCUT2D eigenvalue weighted by atomic mass is 9.99. The lowest BCUT2D eigenvalue weighted by Crippen LogP contribution is -2.41. The summed E-state index contributed by atoms with van der Waals surface area (Å²) < 4.78 is 0. The molecule has 1 amide bonds. The third-order valence-corrected chi connectivity index (χ3v) is 4.04. The first kappa shape index (κ1) is 15.9. The van der Waals surface area contributed by atoms with Gasteiger partial charge in [-0.3, -0.25) is 4.79 Å². The number of hydrogen-bond donors (Lipinski definition) is 3. The SMILES string of the molecule is Cl.O=C(NCCc1c[nH]c2ccccc12)[C@@H]1CCCNC1. The van der Waals surface area contributed by atoms with E-state index in [1.807, 2.05) is 18.3 Å². The highest BCUT2D eigenvalue weighted by Crippen LogP contribution is 2.17. The molecule has 1 aromatic heterocycles. The number of halogens is 1. The van der Waals surface area contributed by atoms with E-state index >= 15 is 0 Å². The predicted molar refractivity (Wildman–Crippen MR) is 87.9 cm³/mol. The number of carbonyl (C=O) groups is 1. The number of fused-ring (bicyclic) bond motifs is 1. The molecule has 114 valence electrons. The summed E-state index contributed by atoms with van der Waals surface area (Å²) in [5, 5.41) is 7.59. The zero-order chi connectivity index (χ0) is 13.8. The van der Waals surface area contributed by atoms with Crippen molar-refractivity contribution in [3.63, 3.8) is 0 Å². The molecule has 1 aliphatic heterocycles. The molecule has 2 aromatic rings. The van der Waals surface area contributed by atoms with E-state index in [0.29, 0.717) is 6.54 Å². The normalized spacial score (nSPS) is 18.2. The second-order valence-corrected chi connectivity index (χ2v) is 5.44. The van der Waals surface area contributed by atoms with Crippen molar-refractivity contribution in [2.45, 2.75) is 19.3 Å². The monoisotopic (exact) mass is 307 g/mol. The summed E-state index contributed by atoms with van der Waals surface area (Å²) in [6.07, 6.45) is 5.02. The molecule has 21 heavy (non-hydrogen) atoms. The molecular weight excluding hydrogens is 286 g/mol. The molecule has 0 bridgehead atoms. The van der Waals surface area contributed by atoms with Gasteiger partial charge in [0.25, 0.3) is 0 Å². The van der Waals surface area contributed by atoms with E-state index in [1.165, 1.54) is 10.9 Å². The number of amides is 1. The number of benzene rings is 1. The van der Waals surface area contributed by atoms with Crippen molar-refractivity contribution in [3.8, 4) is 0 Å². The average molecular weight is 308 g/mol. The Kier molecular flexibility index (Phi) is 5.65. The summed E-state index contributed by atoms with van der Waals surface area (Å²) >= 11 is 0. The van der Waals surface area contributed by atoms with Crippen molar-refractivity contribution >= 4 is 29.2 Å². The lowest BCUT2D eigenvalue weighted by Gasteiger charge is -2.21. The van der Waals surface area contributed by atoms with E-state index in [0.717, 1.165) is 37.9 Å². The first-order chi connectivity index (χ1) is 9.84. The molecule has 4 nitrogen and oxygen atoms in total. The minimum absolute atomic E-state index is 0. The fourth-order valence-corrected chi connectivity index (χ4v) is 2.88. The predicted octanol–water partition coefficient (Wildman–Crippen LogP) is 2.25. The van der Waals surface area contributed by atoms with Crippen LogP contribution in [0.2, 0.25) is 0 Å². The topological polar surface area (TPSA) is 56.9 Å². The van der Waals surface area contributed by atoms with Crippen LogP contribution in [0.15, 0.2) is 30.5 Å². The summed E-state index contributed by atoms with van der Waals surface area (Å²) in [5.41, 5.74) is 2.42. The van der Waals surface area contributed by atoms with Gasteiger partial charge in [0.05, 0.1) is 5.92 Å². The molecular formula is C16H22ClN3O. The van der Waals surface area contributed by atoms with Crippen LogP contribution < -0.4 is 10.6 Å². The van der Waals surface area contributed by atoms with Crippen LogP contribution in [-0.2, 0) is 11.2 Å². The Morgan fingerprint density at radius 2 is 2.19 bits per heavy atom. The Labute approximate surface area is 131 Å². The Morgan fingerprint density at radius 1 is 1.33 bits per heavy atom. The molecule has 5 heteroatoms. The molecule has 1 atom stereocenters. The average Bonchev–Trinajstić information content (AvgIpc) is 2.92. The van der Waals surface area contributed by atoms with Gasteiger partial charge >= 0.3 is 0 Å². The molecule has 1 fully saturated rings. The van der Waals surface area contributed by atoms with Gasteiger partial charge in [0, 0.05) is 30.2 Å². The second-order valence-electron chi connectivity index (χ2n) is 5.44. The standard InChI is InChI=1S/C16H21N3O.ClH/c20-16(13-4-3-8-17-10-13)18-9-7-12-11-19-15-6-2-1-5-14(12)15;/h1-2,5-6,11,13,17,19H,3-4,7-10H2,(H,18,20);1H/t13-;/m1./s1. The van der Waals surface area contributed by atoms with Crippen molar-refractivity contribution in [1.29, 1.82) is 0 Å². The number of carbonyl (C=O) groups excluding carboxylic acids is 1. The molecule has 0 saturated carbocycles. The fourth-order valence-electron chi connectivity index (χ4n) is 2.88. The van der Waals surface area contributed by atoms with Crippen LogP contribution in [0, 0.1) is 5.92 Å². The van der Waals surface area contributed by atoms with Crippen molar-refractivity contribution in [2.75, 3.05) is 19.6 Å². The van der Waals surface area contributed by atoms with E-state index in [-0.39, 0.29) is 24.2 Å². The van der Waals surface area contributed by atoms with Crippen molar-refractivity contribution in [2.24, 2.45) is 5.92 Å². The Hall–Kier alpha value is -1.52. The number of para-hydroxylation sites is 1. The van der Waals surface area contributed by atoms with Crippen LogP contribution >= 0.6 is 12.4 Å². The van der Waals surface area contributed by atoms with Crippen molar-refractivity contribution in [3.05, 3.63) is 36.0 Å². The van der Waals surface area contributed by atoms with E-state index in [4.69, 9.17) is 0 Å². The Bertz CT molecular complexity index is 590. The van der Waals surface area contributed by atoms with Crippen LogP contribution in [0.1, 0.15) is 18.4 Å². The largest absolute Gasteiger partial charge is 0.361 e. The number of piperidine rings is 1. The van der Waals surface area contributed by atoms with Crippen LogP contribution in [0.5, 0.6) is 0 Å². The Balaban J connectivity index is 0.00000161. The van der Waals surface area contributed by atoms with E-state index in [2.05, 4.69) is 27.8 Å². The van der Waals surface area contributed by atoms with Crippen LogP contribution in [0.4, 0.5) is 0 Å². The van der Waals surface area contributed by atoms with Gasteiger partial charge in [-0.15, -0.1) is 12.4 Å². The summed E-state index contributed by atoms with van der Waals surface area (Å²) in [6.45, 7) is 2.56. The molecule has 0 spiro atoms. The summed E-state index contributed by atoms with van der Waals surface area (Å²) in [4.78, 5) is 15.3. The molecule has 0 aliphatic carbocycles. The fraction of sp³-hybridized carbons (Fsp3) is 0.438. The zero-order valence-corrected chi connectivity index (χ0v) is 12.8. The van der Waals surface area contributed by atoms with E-state index in [9.17, 15) is 4.79 Å². The summed E-state index contributed by atoms with van der Waals surface area (Å²) in [5.74, 6) is 0.337. The first-order valence-corrected chi connectivity index (χ1v) is 7.38. The smallest absolute Gasteiger partial charge is 0.224 e. The maximum atomic E-state index is 12.0. The highest BCUT2D eigenvalue weighted by atomic mass is 35.5. The van der Waals surface area contributed by atoms with Gasteiger partial charge in [-0.05, 0) is 37.4 Å². The first-order valence-electron chi connectivity index (χ1n) is 7.38. The Morgan fingerprint density at radius 3 is 3.00 bits per heavy atom. The quantitative estimate of drug-likeness (QED) is 0.811. The molecule has 1 aromatic carbocycles. The number of hydrogen-bond acceptors (Lipinski definition) is 2. The number of aromatic amines is 1. The van der Waals surface area contributed by atoms with Crippen molar-refractivity contribution < 1.29 is 4.79 Å². The van der Waals surface area contributed by atoms with Crippen LogP contribution in [0.3, 0.4) is 0 Å². The second kappa shape index (κ2) is 7.48. The van der Waals surface area contributed by atoms with Crippen molar-refractivity contribution in [1.82, 2.24) is 15.6 Å². The molecule has 0 radical (unpaired) electrons. The number of aromatic nitrogens is 1. The van der Waals surface area contributed by atoms with Crippen LogP contribution in [-0.4, -0.2) is 30.5 Å². The lowest BCUT2D eigenvalue weighted by molar-refractivity contribution is -0.125. The highest BCUT2D eigenvalue weighted by molar-refractivity contribution is 5.85. The molecule has 3 rings (SSSR count). The molecule has 0 unspecified atom stereocenters. The maximum absolute atomic E-state index is 12.0. The zero-order valence-electron chi connectivity index (χ0n) is 12.0. The van der Waals surface area contributed by atoms with Gasteiger partial charge in [-0.2, -0.15) is 0 Å². The van der Waals surface area contributed by atoms with Gasteiger partial charge in [0.1, 0.15) is 0 Å². The highest BCUT2D eigenvalue weighted by Gasteiger charge is 2.20. The van der Waals surface area contributed by atoms with E-state index < -0.39 is 0 Å².